The number of carbonyl (C=O) groups excluding carboxylic acids is 4. The largest absolute Gasteiger partial charge is 0.491 e. The van der Waals surface area contributed by atoms with Crippen molar-refractivity contribution >= 4 is 29.5 Å². The van der Waals surface area contributed by atoms with Gasteiger partial charge in [0.1, 0.15) is 42.4 Å². The first-order valence-corrected chi connectivity index (χ1v) is 33.4. The minimum atomic E-state index is -0.794. The Labute approximate surface area is 539 Å². The summed E-state index contributed by atoms with van der Waals surface area (Å²) in [5.74, 6) is 1.47. The number of pyridine rings is 1. The zero-order valence-corrected chi connectivity index (χ0v) is 55.7. The van der Waals surface area contributed by atoms with E-state index in [1.807, 2.05) is 69.3 Å². The molecule has 4 aliphatic rings. The van der Waals surface area contributed by atoms with Crippen molar-refractivity contribution in [1.82, 2.24) is 30.3 Å². The Hall–Kier alpha value is -6.55. The van der Waals surface area contributed by atoms with Crippen molar-refractivity contribution < 1.29 is 57.1 Å². The molecule has 3 N–H and O–H groups in total. The molecule has 20 heteroatoms. The fourth-order valence-corrected chi connectivity index (χ4v) is 13.0. The molecular weight excluding hydrogens is 1160 g/mol. The average molecular weight is 1260 g/mol. The molecule has 91 heavy (non-hydrogen) atoms. The van der Waals surface area contributed by atoms with Gasteiger partial charge in [-0.25, -0.2) is 4.79 Å². The molecule has 4 aromatic rings. The number of carbonyl (C=O) groups is 4. The molecule has 1 aromatic heterocycles. The predicted octanol–water partition coefficient (Wildman–Crippen LogP) is 9.21. The highest BCUT2D eigenvalue weighted by atomic mass is 16.6. The van der Waals surface area contributed by atoms with E-state index in [4.69, 9.17) is 37.9 Å². The van der Waals surface area contributed by atoms with Gasteiger partial charge < -0.3 is 68.2 Å². The fraction of sp³-hybridized carbons (Fsp3) is 0.620. The van der Waals surface area contributed by atoms with Gasteiger partial charge in [-0.15, -0.1) is 0 Å². The van der Waals surface area contributed by atoms with Gasteiger partial charge in [-0.2, -0.15) is 0 Å². The SMILES string of the molecule is CCN(c1cc(-c2ccc(OCCOCCOCCOCCOCCOc3ccc(CCN4CCC5CCN(C(=O)[C@@H](NC(=O)[C@H](C)N(C)C(=O)OC(C)(C)C)C6CCCCC6)C5C4)cc3)cc2)cc(C(=O)NCc2c(C)cc(C)[nH]c2=O)c1C)C1CCOCC1. The number of piperidine rings is 1. The van der Waals surface area contributed by atoms with Gasteiger partial charge in [0.05, 0.1) is 52.9 Å². The summed E-state index contributed by atoms with van der Waals surface area (Å²) in [6.07, 6.45) is 9.20. The number of H-pyrrole nitrogens is 1. The van der Waals surface area contributed by atoms with Gasteiger partial charge in [0.25, 0.3) is 11.5 Å². The van der Waals surface area contributed by atoms with E-state index >= 15 is 0 Å². The number of likely N-dealkylation sites (tertiary alicyclic amines) is 2. The van der Waals surface area contributed by atoms with E-state index < -0.39 is 23.8 Å². The summed E-state index contributed by atoms with van der Waals surface area (Å²) in [5.41, 5.74) is 6.84. The minimum absolute atomic E-state index is 0.0191. The van der Waals surface area contributed by atoms with Gasteiger partial charge in [0, 0.05) is 87.6 Å². The number of nitrogens with one attached hydrogen (secondary N) is 3. The van der Waals surface area contributed by atoms with Crippen LogP contribution in [0.15, 0.2) is 71.5 Å². The van der Waals surface area contributed by atoms with E-state index in [1.54, 1.807) is 34.7 Å². The first-order valence-electron chi connectivity index (χ1n) is 33.4. The number of anilines is 1. The van der Waals surface area contributed by atoms with Gasteiger partial charge in [-0.05, 0) is 189 Å². The first kappa shape index (κ1) is 70.3. The lowest BCUT2D eigenvalue weighted by Gasteiger charge is -2.41. The van der Waals surface area contributed by atoms with E-state index in [9.17, 15) is 24.0 Å². The minimum Gasteiger partial charge on any atom is -0.491 e. The molecule has 1 saturated carbocycles. The number of hydrogen-bond acceptors (Lipinski definition) is 15. The molecule has 4 amide bonds. The van der Waals surface area contributed by atoms with E-state index in [2.05, 4.69) is 55.4 Å². The quantitative estimate of drug-likeness (QED) is 0.0389. The van der Waals surface area contributed by atoms with E-state index in [0.717, 1.165) is 130 Å². The Kier molecular flexibility index (Phi) is 27.0. The number of aryl methyl sites for hydroxylation is 2. The molecule has 3 aromatic carbocycles. The molecule has 2 unspecified atom stereocenters. The summed E-state index contributed by atoms with van der Waals surface area (Å²) >= 11 is 0. The molecule has 3 aliphatic heterocycles. The summed E-state index contributed by atoms with van der Waals surface area (Å²) < 4.78 is 46.1. The Morgan fingerprint density at radius 3 is 1.92 bits per heavy atom. The van der Waals surface area contributed by atoms with Gasteiger partial charge in [-0.1, -0.05) is 43.5 Å². The normalized spacial score (nSPS) is 18.1. The third-order valence-electron chi connectivity index (χ3n) is 18.3. The Morgan fingerprint density at radius 1 is 0.736 bits per heavy atom. The van der Waals surface area contributed by atoms with Crippen LogP contribution in [0, 0.1) is 32.6 Å². The van der Waals surface area contributed by atoms with Crippen LogP contribution in [0.3, 0.4) is 0 Å². The van der Waals surface area contributed by atoms with Gasteiger partial charge in [0.15, 0.2) is 0 Å². The van der Waals surface area contributed by atoms with E-state index in [1.165, 1.54) is 10.5 Å². The lowest BCUT2D eigenvalue weighted by atomic mass is 9.83. The van der Waals surface area contributed by atoms with Crippen LogP contribution in [0.25, 0.3) is 11.1 Å². The van der Waals surface area contributed by atoms with Crippen LogP contribution in [-0.2, 0) is 51.0 Å². The van der Waals surface area contributed by atoms with Crippen LogP contribution in [0.2, 0.25) is 0 Å². The average Bonchev–Trinajstić information content (AvgIpc) is 1.77. The summed E-state index contributed by atoms with van der Waals surface area (Å²) in [6, 6.07) is 21.1. The van der Waals surface area contributed by atoms with E-state index in [0.29, 0.717) is 115 Å². The second kappa shape index (κ2) is 34.9. The van der Waals surface area contributed by atoms with Crippen LogP contribution >= 0.6 is 0 Å². The first-order chi connectivity index (χ1) is 43.9. The van der Waals surface area contributed by atoms with Crippen molar-refractivity contribution in [3.63, 3.8) is 0 Å². The molecule has 4 atom stereocenters. The monoisotopic (exact) mass is 1260 g/mol. The number of nitrogens with zero attached hydrogens (tertiary/aromatic N) is 4. The zero-order valence-electron chi connectivity index (χ0n) is 55.7. The number of ether oxygens (including phenoxy) is 8. The lowest BCUT2D eigenvalue weighted by molar-refractivity contribution is -0.141. The molecule has 0 radical (unpaired) electrons. The smallest absolute Gasteiger partial charge is 0.410 e. The van der Waals surface area contributed by atoms with Crippen molar-refractivity contribution in [3.8, 4) is 22.6 Å². The highest BCUT2D eigenvalue weighted by molar-refractivity contribution is 5.99. The predicted molar refractivity (Wildman–Crippen MR) is 352 cm³/mol. The molecular formula is C71H103N7O13. The molecule has 8 rings (SSSR count). The third kappa shape index (κ3) is 20.7. The van der Waals surface area contributed by atoms with Gasteiger partial charge in [-0.3, -0.25) is 24.1 Å². The maximum atomic E-state index is 14.6. The Balaban J connectivity index is 0.666. The standard InChI is InChI=1S/C71H103N7O13/c1-10-77(58-27-32-84-33-28-58)63-46-57(45-61(51(63)4)67(80)72-47-62-49(2)44-50(3)73-68(62)81)54-18-22-60(23-19-54)90-43-41-88-39-37-86-35-34-85-36-38-87-40-42-89-59-20-16-53(17-21-59)24-29-76-30-25-55-26-31-78(64(55)48-76)69(82)65(56-14-12-11-13-15-56)74-66(79)52(5)75(9)70(83)91-71(6,7)8/h16-23,44-46,52,55-56,58,64-65H,10-15,24-43,47-48H2,1-9H3,(H,72,80)(H,73,81)(H,74,79)/t52-,55?,64?,65-/m0/s1. The van der Waals surface area contributed by atoms with Crippen molar-refractivity contribution in [2.45, 2.75) is 156 Å². The maximum absolute atomic E-state index is 14.6. The van der Waals surface area contributed by atoms with E-state index in [-0.39, 0.29) is 41.8 Å². The second-order valence-corrected chi connectivity index (χ2v) is 25.9. The molecule has 4 fully saturated rings. The Bertz CT molecular complexity index is 3010. The van der Waals surface area contributed by atoms with Gasteiger partial charge in [0.2, 0.25) is 11.8 Å². The van der Waals surface area contributed by atoms with Crippen molar-refractivity contribution in [2.75, 3.05) is 124 Å². The lowest BCUT2D eigenvalue weighted by Crippen LogP contribution is -2.59. The number of rotatable bonds is 32. The number of aromatic nitrogens is 1. The maximum Gasteiger partial charge on any atom is 0.410 e. The highest BCUT2D eigenvalue weighted by Gasteiger charge is 2.45. The fourth-order valence-electron chi connectivity index (χ4n) is 13.0. The van der Waals surface area contributed by atoms with Crippen molar-refractivity contribution in [3.05, 3.63) is 111 Å². The molecule has 0 bridgehead atoms. The van der Waals surface area contributed by atoms with Crippen LogP contribution in [0.1, 0.15) is 131 Å². The molecule has 20 nitrogen and oxygen atoms in total. The summed E-state index contributed by atoms with van der Waals surface area (Å²) in [7, 11) is 1.57. The summed E-state index contributed by atoms with van der Waals surface area (Å²) in [5, 5.41) is 6.18. The highest BCUT2D eigenvalue weighted by Crippen LogP contribution is 2.37. The Morgan fingerprint density at radius 2 is 1.33 bits per heavy atom. The molecule has 0 spiro atoms. The topological polar surface area (TPSA) is 212 Å². The van der Waals surface area contributed by atoms with Crippen molar-refractivity contribution in [1.29, 1.82) is 0 Å². The summed E-state index contributed by atoms with van der Waals surface area (Å²) in [6.45, 7) is 25.0. The van der Waals surface area contributed by atoms with Crippen LogP contribution in [0.4, 0.5) is 10.5 Å². The van der Waals surface area contributed by atoms with Crippen LogP contribution in [0.5, 0.6) is 11.5 Å². The number of amides is 4. The molecule has 500 valence electrons. The second-order valence-electron chi connectivity index (χ2n) is 25.9. The molecule has 1 aliphatic carbocycles. The summed E-state index contributed by atoms with van der Waals surface area (Å²) in [4.78, 5) is 78.9. The number of benzene rings is 3. The van der Waals surface area contributed by atoms with Gasteiger partial charge >= 0.3 is 6.09 Å². The van der Waals surface area contributed by atoms with Crippen LogP contribution < -0.4 is 30.6 Å². The van der Waals surface area contributed by atoms with Crippen LogP contribution in [-0.4, -0.2) is 192 Å². The third-order valence-corrected chi connectivity index (χ3v) is 18.3. The number of likely N-dealkylation sites (N-methyl/N-ethyl adjacent to an activating group) is 1. The molecule has 4 heterocycles. The molecule has 3 saturated heterocycles. The van der Waals surface area contributed by atoms with Crippen molar-refractivity contribution in [2.24, 2.45) is 11.8 Å². The number of hydrogen-bond donors (Lipinski definition) is 3. The zero-order chi connectivity index (χ0) is 64.9. The number of fused-ring (bicyclic) bond motifs is 1. The number of aromatic amines is 1.